The number of fused-ring (bicyclic) bond motifs is 1. The van der Waals surface area contributed by atoms with E-state index >= 15 is 0 Å². The molecule has 1 fully saturated rings. The largest absolute Gasteiger partial charge is 0.375 e. The summed E-state index contributed by atoms with van der Waals surface area (Å²) in [4.78, 5) is 16.7. The number of imidazole rings is 1. The SMILES string of the molecule is Cc1cccn2cc(CNC(=O)[C@H]3NCCO[C@@H]3C)nc12.Cl.Cl. The van der Waals surface area contributed by atoms with Gasteiger partial charge in [-0.15, -0.1) is 24.8 Å². The molecule has 0 spiro atoms. The van der Waals surface area contributed by atoms with Crippen LogP contribution in [0.5, 0.6) is 0 Å². The lowest BCUT2D eigenvalue weighted by Gasteiger charge is -2.29. The number of nitrogens with zero attached hydrogens (tertiary/aromatic N) is 2. The van der Waals surface area contributed by atoms with E-state index in [2.05, 4.69) is 15.6 Å². The average molecular weight is 361 g/mol. The molecule has 6 nitrogen and oxygen atoms in total. The van der Waals surface area contributed by atoms with E-state index in [0.717, 1.165) is 16.9 Å². The van der Waals surface area contributed by atoms with Gasteiger partial charge < -0.3 is 19.8 Å². The molecule has 1 amide bonds. The van der Waals surface area contributed by atoms with Gasteiger partial charge in [-0.05, 0) is 25.5 Å². The second-order valence-electron chi connectivity index (χ2n) is 5.38. The number of aromatic nitrogens is 2. The first-order valence-electron chi connectivity index (χ1n) is 7.21. The molecule has 1 saturated heterocycles. The maximum Gasteiger partial charge on any atom is 0.240 e. The van der Waals surface area contributed by atoms with E-state index in [-0.39, 0.29) is 42.9 Å². The number of carbonyl (C=O) groups excluding carboxylic acids is 1. The summed E-state index contributed by atoms with van der Waals surface area (Å²) in [7, 11) is 0. The van der Waals surface area contributed by atoms with Gasteiger partial charge in [0.15, 0.2) is 0 Å². The molecule has 0 aromatic carbocycles. The van der Waals surface area contributed by atoms with Gasteiger partial charge in [0, 0.05) is 18.9 Å². The van der Waals surface area contributed by atoms with Crippen molar-refractivity contribution in [3.63, 3.8) is 0 Å². The van der Waals surface area contributed by atoms with Crippen LogP contribution in [0.2, 0.25) is 0 Å². The molecule has 3 rings (SSSR count). The van der Waals surface area contributed by atoms with Crippen molar-refractivity contribution < 1.29 is 9.53 Å². The third-order valence-electron chi connectivity index (χ3n) is 3.77. The maximum absolute atomic E-state index is 12.2. The van der Waals surface area contributed by atoms with Crippen molar-refractivity contribution >= 4 is 36.4 Å². The van der Waals surface area contributed by atoms with E-state index in [4.69, 9.17) is 4.74 Å². The molecule has 128 valence electrons. The van der Waals surface area contributed by atoms with Crippen LogP contribution in [0.25, 0.3) is 5.65 Å². The van der Waals surface area contributed by atoms with Gasteiger partial charge in [0.1, 0.15) is 11.7 Å². The first-order chi connectivity index (χ1) is 10.1. The topological polar surface area (TPSA) is 67.7 Å². The van der Waals surface area contributed by atoms with Crippen molar-refractivity contribution in [2.24, 2.45) is 0 Å². The summed E-state index contributed by atoms with van der Waals surface area (Å²) >= 11 is 0. The number of morpholine rings is 1. The number of amides is 1. The molecule has 3 heterocycles. The molecule has 0 radical (unpaired) electrons. The number of nitrogens with one attached hydrogen (secondary N) is 2. The molecule has 0 aliphatic carbocycles. The molecule has 1 aliphatic rings. The van der Waals surface area contributed by atoms with Crippen LogP contribution >= 0.6 is 24.8 Å². The summed E-state index contributed by atoms with van der Waals surface area (Å²) in [6.07, 6.45) is 3.79. The molecule has 23 heavy (non-hydrogen) atoms. The highest BCUT2D eigenvalue weighted by Gasteiger charge is 2.28. The highest BCUT2D eigenvalue weighted by molar-refractivity contribution is 5.85. The van der Waals surface area contributed by atoms with Gasteiger partial charge in [0.25, 0.3) is 0 Å². The number of hydrogen-bond donors (Lipinski definition) is 2. The molecule has 0 saturated carbocycles. The fraction of sp³-hybridized carbons (Fsp3) is 0.467. The highest BCUT2D eigenvalue weighted by atomic mass is 35.5. The Morgan fingerprint density at radius 2 is 2.30 bits per heavy atom. The van der Waals surface area contributed by atoms with Crippen molar-refractivity contribution in [2.45, 2.75) is 32.5 Å². The van der Waals surface area contributed by atoms with Gasteiger partial charge in [-0.25, -0.2) is 4.98 Å². The lowest BCUT2D eigenvalue weighted by molar-refractivity contribution is -0.129. The Morgan fingerprint density at radius 1 is 1.52 bits per heavy atom. The van der Waals surface area contributed by atoms with Gasteiger partial charge in [0.2, 0.25) is 5.91 Å². The Kier molecular flexibility index (Phi) is 7.28. The number of carbonyl (C=O) groups is 1. The zero-order valence-electron chi connectivity index (χ0n) is 13.1. The molecule has 0 bridgehead atoms. The smallest absolute Gasteiger partial charge is 0.240 e. The number of rotatable bonds is 3. The Hall–Kier alpha value is -1.34. The van der Waals surface area contributed by atoms with Gasteiger partial charge in [-0.1, -0.05) is 6.07 Å². The summed E-state index contributed by atoms with van der Waals surface area (Å²) in [5, 5.41) is 6.10. The second-order valence-corrected chi connectivity index (χ2v) is 5.38. The standard InChI is InChI=1S/C15H20N4O2.2ClH/c1-10-4-3-6-19-9-12(18-14(10)19)8-17-15(20)13-11(2)21-7-5-16-13;;/h3-4,6,9,11,13,16H,5,7-8H2,1-2H3,(H,17,20);2*1H/t11-,13+;;/m1../s1. The summed E-state index contributed by atoms with van der Waals surface area (Å²) in [6.45, 7) is 5.71. The van der Waals surface area contributed by atoms with Crippen molar-refractivity contribution in [1.29, 1.82) is 0 Å². The number of aryl methyl sites for hydroxylation is 1. The lowest BCUT2D eigenvalue weighted by atomic mass is 10.1. The van der Waals surface area contributed by atoms with Crippen LogP contribution in [0.4, 0.5) is 0 Å². The third kappa shape index (κ3) is 4.35. The Balaban J connectivity index is 0.00000132. The Labute approximate surface area is 147 Å². The first kappa shape index (κ1) is 19.7. The van der Waals surface area contributed by atoms with Crippen LogP contribution in [-0.4, -0.2) is 40.6 Å². The molecule has 2 aromatic rings. The Morgan fingerprint density at radius 3 is 3.00 bits per heavy atom. The normalized spacial score (nSPS) is 20.4. The summed E-state index contributed by atoms with van der Waals surface area (Å²) in [5.41, 5.74) is 2.89. The number of ether oxygens (including phenoxy) is 1. The molecule has 8 heteroatoms. The van der Waals surface area contributed by atoms with Crippen LogP contribution in [0.3, 0.4) is 0 Å². The number of hydrogen-bond acceptors (Lipinski definition) is 4. The molecule has 0 unspecified atom stereocenters. The van der Waals surface area contributed by atoms with E-state index < -0.39 is 0 Å². The fourth-order valence-corrected chi connectivity index (χ4v) is 2.60. The van der Waals surface area contributed by atoms with Crippen molar-refractivity contribution in [2.75, 3.05) is 13.2 Å². The minimum Gasteiger partial charge on any atom is -0.375 e. The van der Waals surface area contributed by atoms with Gasteiger partial charge >= 0.3 is 0 Å². The highest BCUT2D eigenvalue weighted by Crippen LogP contribution is 2.10. The van der Waals surface area contributed by atoms with Crippen LogP contribution < -0.4 is 10.6 Å². The quantitative estimate of drug-likeness (QED) is 0.869. The van der Waals surface area contributed by atoms with Crippen molar-refractivity contribution in [3.8, 4) is 0 Å². The molecule has 2 atom stereocenters. The predicted octanol–water partition coefficient (Wildman–Crippen LogP) is 1.48. The van der Waals surface area contributed by atoms with Gasteiger partial charge in [0.05, 0.1) is 24.9 Å². The summed E-state index contributed by atoms with van der Waals surface area (Å²) in [5.74, 6) is -0.0454. The van der Waals surface area contributed by atoms with E-state index in [0.29, 0.717) is 19.7 Å². The second kappa shape index (κ2) is 8.49. The van der Waals surface area contributed by atoms with Crippen LogP contribution in [0, 0.1) is 6.92 Å². The van der Waals surface area contributed by atoms with E-state index in [1.807, 2.05) is 42.8 Å². The minimum atomic E-state index is -0.294. The average Bonchev–Trinajstić information content (AvgIpc) is 2.90. The van der Waals surface area contributed by atoms with Gasteiger partial charge in [-0.2, -0.15) is 0 Å². The van der Waals surface area contributed by atoms with E-state index in [1.54, 1.807) is 0 Å². The molecule has 2 N–H and O–H groups in total. The third-order valence-corrected chi connectivity index (χ3v) is 3.77. The zero-order chi connectivity index (χ0) is 14.8. The van der Waals surface area contributed by atoms with Crippen molar-refractivity contribution in [3.05, 3.63) is 35.8 Å². The monoisotopic (exact) mass is 360 g/mol. The Bertz CT molecular complexity index is 662. The zero-order valence-corrected chi connectivity index (χ0v) is 14.7. The minimum absolute atomic E-state index is 0. The molecular weight excluding hydrogens is 339 g/mol. The lowest BCUT2D eigenvalue weighted by Crippen LogP contribution is -2.55. The summed E-state index contributed by atoms with van der Waals surface area (Å²) < 4.78 is 7.46. The van der Waals surface area contributed by atoms with Crippen LogP contribution in [0.1, 0.15) is 18.2 Å². The first-order valence-corrected chi connectivity index (χ1v) is 7.21. The van der Waals surface area contributed by atoms with E-state index in [1.165, 1.54) is 0 Å². The summed E-state index contributed by atoms with van der Waals surface area (Å²) in [6, 6.07) is 3.71. The molecule has 2 aromatic heterocycles. The molecule has 1 aliphatic heterocycles. The fourth-order valence-electron chi connectivity index (χ4n) is 2.60. The van der Waals surface area contributed by atoms with E-state index in [9.17, 15) is 4.79 Å². The van der Waals surface area contributed by atoms with Crippen LogP contribution in [-0.2, 0) is 16.1 Å². The number of halogens is 2. The van der Waals surface area contributed by atoms with Crippen LogP contribution in [0.15, 0.2) is 24.5 Å². The molecular formula is C15H22Cl2N4O2. The maximum atomic E-state index is 12.2. The number of pyridine rings is 1. The van der Waals surface area contributed by atoms with Gasteiger partial charge in [-0.3, -0.25) is 4.79 Å². The predicted molar refractivity (Wildman–Crippen MR) is 93.5 cm³/mol. The van der Waals surface area contributed by atoms with Crippen molar-refractivity contribution in [1.82, 2.24) is 20.0 Å².